The van der Waals surface area contributed by atoms with Gasteiger partial charge in [0, 0.05) is 6.04 Å². The fourth-order valence-corrected chi connectivity index (χ4v) is 5.07. The number of ether oxygens (including phenoxy) is 1. The van der Waals surface area contributed by atoms with Crippen molar-refractivity contribution >= 4 is 21.7 Å². The van der Waals surface area contributed by atoms with Crippen molar-refractivity contribution in [3.8, 4) is 5.75 Å². The summed E-state index contributed by atoms with van der Waals surface area (Å²) in [5.41, 5.74) is 0.358. The molecule has 0 aromatic heterocycles. The Morgan fingerprint density at radius 3 is 2.11 bits per heavy atom. The summed E-state index contributed by atoms with van der Waals surface area (Å²) in [4.78, 5) is 11.0. The predicted octanol–water partition coefficient (Wildman–Crippen LogP) is 5.89. The van der Waals surface area contributed by atoms with Gasteiger partial charge in [-0.2, -0.15) is 13.2 Å². The summed E-state index contributed by atoms with van der Waals surface area (Å²) in [6, 6.07) is 13.8. The quantitative estimate of drug-likeness (QED) is 0.411. The minimum absolute atomic E-state index is 0.00749. The van der Waals surface area contributed by atoms with Crippen LogP contribution in [0, 0.1) is 6.92 Å². The van der Waals surface area contributed by atoms with Gasteiger partial charge in [0.2, 0.25) is 0 Å². The Labute approximate surface area is 201 Å². The van der Waals surface area contributed by atoms with Gasteiger partial charge in [0.1, 0.15) is 12.4 Å². The molecule has 0 amide bonds. The molecule has 0 radical (unpaired) electrons. The molecule has 3 rings (SSSR count). The van der Waals surface area contributed by atoms with Crippen molar-refractivity contribution in [2.75, 3.05) is 4.31 Å². The molecule has 0 heterocycles. The molecule has 0 spiro atoms. The Kier molecular flexibility index (Phi) is 7.44. The lowest BCUT2D eigenvalue weighted by Crippen LogP contribution is -2.37. The third kappa shape index (κ3) is 5.94. The van der Waals surface area contributed by atoms with Crippen molar-refractivity contribution in [3.05, 3.63) is 89.0 Å². The number of sulfonamides is 1. The van der Waals surface area contributed by atoms with Crippen LogP contribution < -0.4 is 9.04 Å². The Morgan fingerprint density at radius 1 is 1.00 bits per heavy atom. The first-order valence-electron chi connectivity index (χ1n) is 10.6. The van der Waals surface area contributed by atoms with Crippen LogP contribution in [-0.4, -0.2) is 25.5 Å². The first-order valence-corrected chi connectivity index (χ1v) is 12.0. The summed E-state index contributed by atoms with van der Waals surface area (Å²) in [5.74, 6) is -1.39. The SMILES string of the molecule is Cc1ccc(S(=O)(=O)N(c2ccc(C(F)(F)F)cc2OCc2ccc(C(=O)O)cc2)C(C)C)cc1. The van der Waals surface area contributed by atoms with E-state index in [0.29, 0.717) is 5.56 Å². The highest BCUT2D eigenvalue weighted by Gasteiger charge is 2.34. The number of carboxylic acid groups (broad SMARTS) is 1. The average molecular weight is 508 g/mol. The van der Waals surface area contributed by atoms with Gasteiger partial charge >= 0.3 is 12.1 Å². The number of aryl methyl sites for hydroxylation is 1. The lowest BCUT2D eigenvalue weighted by molar-refractivity contribution is -0.137. The van der Waals surface area contributed by atoms with Gasteiger partial charge < -0.3 is 9.84 Å². The van der Waals surface area contributed by atoms with E-state index in [4.69, 9.17) is 9.84 Å². The number of carbonyl (C=O) groups is 1. The highest BCUT2D eigenvalue weighted by atomic mass is 32.2. The van der Waals surface area contributed by atoms with Gasteiger partial charge in [-0.15, -0.1) is 0 Å². The van der Waals surface area contributed by atoms with Crippen molar-refractivity contribution in [2.24, 2.45) is 0 Å². The highest BCUT2D eigenvalue weighted by Crippen LogP contribution is 2.39. The second-order valence-corrected chi connectivity index (χ2v) is 9.99. The molecule has 0 aliphatic carbocycles. The molecule has 3 aromatic rings. The van der Waals surface area contributed by atoms with Crippen LogP contribution in [0.25, 0.3) is 0 Å². The molecule has 0 saturated heterocycles. The third-order valence-electron chi connectivity index (χ3n) is 5.17. The Bertz CT molecular complexity index is 1300. The topological polar surface area (TPSA) is 83.9 Å². The van der Waals surface area contributed by atoms with Gasteiger partial charge in [0.05, 0.1) is 21.7 Å². The number of anilines is 1. The summed E-state index contributed by atoms with van der Waals surface area (Å²) < 4.78 is 74.0. The van der Waals surface area contributed by atoms with E-state index in [1.54, 1.807) is 32.9 Å². The first-order chi connectivity index (χ1) is 16.3. The number of halogens is 3. The number of nitrogens with zero attached hydrogens (tertiary/aromatic N) is 1. The molecule has 10 heteroatoms. The molecular formula is C25H24F3NO5S. The predicted molar refractivity (Wildman–Crippen MR) is 125 cm³/mol. The zero-order valence-electron chi connectivity index (χ0n) is 19.2. The van der Waals surface area contributed by atoms with Crippen molar-refractivity contribution in [2.45, 2.75) is 44.5 Å². The van der Waals surface area contributed by atoms with Gasteiger partial charge in [-0.05, 0) is 68.8 Å². The maximum atomic E-state index is 13.5. The van der Waals surface area contributed by atoms with Gasteiger partial charge in [-0.25, -0.2) is 13.2 Å². The van der Waals surface area contributed by atoms with E-state index >= 15 is 0 Å². The molecule has 6 nitrogen and oxygen atoms in total. The van der Waals surface area contributed by atoms with Crippen LogP contribution in [0.15, 0.2) is 71.6 Å². The number of hydrogen-bond donors (Lipinski definition) is 1. The molecule has 186 valence electrons. The van der Waals surface area contributed by atoms with E-state index in [-0.39, 0.29) is 28.5 Å². The zero-order valence-corrected chi connectivity index (χ0v) is 20.0. The number of rotatable bonds is 8. The molecule has 0 aliphatic heterocycles. The summed E-state index contributed by atoms with van der Waals surface area (Å²) in [7, 11) is -4.13. The minimum Gasteiger partial charge on any atom is -0.487 e. The van der Waals surface area contributed by atoms with Gasteiger partial charge in [0.15, 0.2) is 0 Å². The molecule has 1 N–H and O–H groups in total. The fraction of sp³-hybridized carbons (Fsp3) is 0.240. The fourth-order valence-electron chi connectivity index (χ4n) is 3.40. The van der Waals surface area contributed by atoms with Crippen LogP contribution in [-0.2, 0) is 22.8 Å². The summed E-state index contributed by atoms with van der Waals surface area (Å²) >= 11 is 0. The number of aromatic carboxylic acids is 1. The second-order valence-electron chi connectivity index (χ2n) is 8.18. The number of hydrogen-bond acceptors (Lipinski definition) is 4. The van der Waals surface area contributed by atoms with E-state index in [1.807, 2.05) is 0 Å². The third-order valence-corrected chi connectivity index (χ3v) is 7.17. The van der Waals surface area contributed by atoms with Crippen molar-refractivity contribution in [3.63, 3.8) is 0 Å². The van der Waals surface area contributed by atoms with E-state index in [1.165, 1.54) is 36.4 Å². The van der Waals surface area contributed by atoms with Gasteiger partial charge in [0.25, 0.3) is 10.0 Å². The molecule has 35 heavy (non-hydrogen) atoms. The first kappa shape index (κ1) is 26.1. The maximum absolute atomic E-state index is 13.5. The van der Waals surface area contributed by atoms with Crippen molar-refractivity contribution in [1.82, 2.24) is 0 Å². The monoisotopic (exact) mass is 507 g/mol. The van der Waals surface area contributed by atoms with Crippen LogP contribution in [0.3, 0.4) is 0 Å². The number of benzene rings is 3. The van der Waals surface area contributed by atoms with E-state index < -0.39 is 33.8 Å². The maximum Gasteiger partial charge on any atom is 0.416 e. The van der Waals surface area contributed by atoms with E-state index in [9.17, 15) is 26.4 Å². The minimum atomic E-state index is -4.67. The molecular weight excluding hydrogens is 483 g/mol. The summed E-state index contributed by atoms with van der Waals surface area (Å²) in [6.45, 7) is 4.82. The lowest BCUT2D eigenvalue weighted by atomic mass is 10.1. The zero-order chi connectivity index (χ0) is 26.0. The van der Waals surface area contributed by atoms with Crippen molar-refractivity contribution < 1.29 is 36.2 Å². The number of alkyl halides is 3. The lowest BCUT2D eigenvalue weighted by Gasteiger charge is -2.30. The van der Waals surface area contributed by atoms with Crippen LogP contribution in [0.5, 0.6) is 5.75 Å². The van der Waals surface area contributed by atoms with Crippen LogP contribution in [0.4, 0.5) is 18.9 Å². The highest BCUT2D eigenvalue weighted by molar-refractivity contribution is 7.92. The summed E-state index contributed by atoms with van der Waals surface area (Å²) in [6.07, 6.45) is -4.67. The molecule has 0 fully saturated rings. The smallest absolute Gasteiger partial charge is 0.416 e. The van der Waals surface area contributed by atoms with Gasteiger partial charge in [-0.1, -0.05) is 29.8 Å². The standard InChI is InChI=1S/C25H24F3NO5S/c1-16(2)29(35(32,33)21-11-4-17(3)5-12-21)22-13-10-20(25(26,27)28)14-23(22)34-15-18-6-8-19(9-7-18)24(30)31/h4-14,16H,15H2,1-3H3,(H,30,31). The Morgan fingerprint density at radius 2 is 1.60 bits per heavy atom. The Hall–Kier alpha value is -3.53. The summed E-state index contributed by atoms with van der Waals surface area (Å²) in [5, 5.41) is 9.02. The normalized spacial score (nSPS) is 12.0. The van der Waals surface area contributed by atoms with Crippen molar-refractivity contribution in [1.29, 1.82) is 0 Å². The molecule has 0 aliphatic rings. The molecule has 0 unspecified atom stereocenters. The molecule has 0 saturated carbocycles. The van der Waals surface area contributed by atoms with Gasteiger partial charge in [-0.3, -0.25) is 4.31 Å². The molecule has 0 bridgehead atoms. The van der Waals surface area contributed by atoms with Crippen LogP contribution in [0.1, 0.15) is 40.9 Å². The number of carboxylic acids is 1. The second kappa shape index (κ2) is 9.99. The Balaban J connectivity index is 2.06. The molecule has 0 atom stereocenters. The van der Waals surface area contributed by atoms with E-state index in [0.717, 1.165) is 28.1 Å². The van der Waals surface area contributed by atoms with Crippen LogP contribution in [0.2, 0.25) is 0 Å². The average Bonchev–Trinajstić information content (AvgIpc) is 2.78. The molecule has 3 aromatic carbocycles. The van der Waals surface area contributed by atoms with E-state index in [2.05, 4.69) is 0 Å². The van der Waals surface area contributed by atoms with Crippen LogP contribution >= 0.6 is 0 Å². The largest absolute Gasteiger partial charge is 0.487 e.